The first-order chi connectivity index (χ1) is 5.27. The molecular weight excluding hydrogens is 162 g/mol. The summed E-state index contributed by atoms with van der Waals surface area (Å²) in [5.74, 6) is 0.664. The topological polar surface area (TPSA) is 22.1 Å². The van der Waals surface area contributed by atoms with E-state index in [2.05, 4.69) is 4.98 Å². The molecule has 1 aromatic heterocycles. The van der Waals surface area contributed by atoms with E-state index in [4.69, 9.17) is 16.3 Å². The van der Waals surface area contributed by atoms with Gasteiger partial charge in [0.2, 0.25) is 5.88 Å². The zero-order valence-electron chi connectivity index (χ0n) is 6.60. The van der Waals surface area contributed by atoms with Crippen LogP contribution in [0.15, 0.2) is 12.3 Å². The van der Waals surface area contributed by atoms with E-state index in [0.717, 1.165) is 12.0 Å². The molecule has 0 aliphatic rings. The van der Waals surface area contributed by atoms with Gasteiger partial charge in [-0.1, -0.05) is 18.5 Å². The van der Waals surface area contributed by atoms with Gasteiger partial charge in [0.15, 0.2) is 0 Å². The van der Waals surface area contributed by atoms with Crippen molar-refractivity contribution >= 4 is 11.6 Å². The van der Waals surface area contributed by atoms with Crippen molar-refractivity contribution in [2.24, 2.45) is 0 Å². The molecule has 0 bridgehead atoms. The zero-order chi connectivity index (χ0) is 8.27. The lowest BCUT2D eigenvalue weighted by atomic mass is 10.2. The van der Waals surface area contributed by atoms with Gasteiger partial charge < -0.3 is 4.74 Å². The Hall–Kier alpha value is -0.760. The minimum atomic E-state index is 0.655. The zero-order valence-corrected chi connectivity index (χ0v) is 7.35. The van der Waals surface area contributed by atoms with Gasteiger partial charge in [-0.25, -0.2) is 4.98 Å². The third kappa shape index (κ3) is 1.84. The Morgan fingerprint density at radius 2 is 2.36 bits per heavy atom. The number of aryl methyl sites for hydroxylation is 1. The highest BCUT2D eigenvalue weighted by molar-refractivity contribution is 6.30. The molecule has 11 heavy (non-hydrogen) atoms. The van der Waals surface area contributed by atoms with Crippen molar-refractivity contribution in [1.82, 2.24) is 4.98 Å². The van der Waals surface area contributed by atoms with Crippen LogP contribution in [0.1, 0.15) is 12.5 Å². The number of pyridine rings is 1. The van der Waals surface area contributed by atoms with Crippen molar-refractivity contribution in [3.63, 3.8) is 0 Å². The summed E-state index contributed by atoms with van der Waals surface area (Å²) in [6, 6.07) is 1.87. The summed E-state index contributed by atoms with van der Waals surface area (Å²) in [4.78, 5) is 4.01. The second-order valence-electron chi connectivity index (χ2n) is 2.18. The summed E-state index contributed by atoms with van der Waals surface area (Å²) in [5, 5.41) is 0.655. The summed E-state index contributed by atoms with van der Waals surface area (Å²) in [6.07, 6.45) is 2.47. The lowest BCUT2D eigenvalue weighted by Gasteiger charge is -2.03. The summed E-state index contributed by atoms with van der Waals surface area (Å²) < 4.78 is 5.02. The van der Waals surface area contributed by atoms with Crippen molar-refractivity contribution in [3.05, 3.63) is 22.8 Å². The first-order valence-electron chi connectivity index (χ1n) is 3.46. The monoisotopic (exact) mass is 171 g/mol. The van der Waals surface area contributed by atoms with E-state index in [-0.39, 0.29) is 0 Å². The molecule has 0 aromatic carbocycles. The van der Waals surface area contributed by atoms with Crippen LogP contribution >= 0.6 is 11.6 Å². The average Bonchev–Trinajstić information content (AvgIpc) is 2.04. The molecule has 3 heteroatoms. The number of hydrogen-bond acceptors (Lipinski definition) is 2. The highest BCUT2D eigenvalue weighted by atomic mass is 35.5. The molecule has 1 heterocycles. The van der Waals surface area contributed by atoms with Gasteiger partial charge in [0.25, 0.3) is 0 Å². The predicted molar refractivity (Wildman–Crippen MR) is 45.2 cm³/mol. The fourth-order valence-electron chi connectivity index (χ4n) is 0.906. The quantitative estimate of drug-likeness (QED) is 0.682. The van der Waals surface area contributed by atoms with E-state index in [0.29, 0.717) is 10.9 Å². The largest absolute Gasteiger partial charge is 0.481 e. The first-order valence-corrected chi connectivity index (χ1v) is 3.84. The molecule has 0 spiro atoms. The molecule has 2 nitrogen and oxygen atoms in total. The van der Waals surface area contributed by atoms with Gasteiger partial charge in [0.1, 0.15) is 0 Å². The smallest absolute Gasteiger partial charge is 0.216 e. The number of halogens is 1. The van der Waals surface area contributed by atoms with Crippen molar-refractivity contribution in [3.8, 4) is 5.88 Å². The van der Waals surface area contributed by atoms with Gasteiger partial charge in [-0.2, -0.15) is 0 Å². The molecule has 1 rings (SSSR count). The van der Waals surface area contributed by atoms with Crippen LogP contribution < -0.4 is 4.74 Å². The molecule has 0 fully saturated rings. The van der Waals surface area contributed by atoms with E-state index in [1.54, 1.807) is 13.3 Å². The van der Waals surface area contributed by atoms with Gasteiger partial charge in [-0.05, 0) is 12.5 Å². The van der Waals surface area contributed by atoms with Crippen LogP contribution in [0.5, 0.6) is 5.88 Å². The van der Waals surface area contributed by atoms with Crippen LogP contribution in [0.2, 0.25) is 5.02 Å². The number of hydrogen-bond donors (Lipinski definition) is 0. The maximum absolute atomic E-state index is 5.73. The summed E-state index contributed by atoms with van der Waals surface area (Å²) in [6.45, 7) is 2.04. The van der Waals surface area contributed by atoms with Crippen molar-refractivity contribution in [2.75, 3.05) is 7.11 Å². The van der Waals surface area contributed by atoms with Crippen LogP contribution in [-0.4, -0.2) is 12.1 Å². The molecule has 0 N–H and O–H groups in total. The number of nitrogens with zero attached hydrogens (tertiary/aromatic N) is 1. The fourth-order valence-corrected chi connectivity index (χ4v) is 1.09. The lowest BCUT2D eigenvalue weighted by Crippen LogP contribution is -1.92. The third-order valence-corrected chi connectivity index (χ3v) is 1.67. The van der Waals surface area contributed by atoms with E-state index in [9.17, 15) is 0 Å². The van der Waals surface area contributed by atoms with Crippen LogP contribution in [0.25, 0.3) is 0 Å². The molecule has 60 valence electrons. The minimum Gasteiger partial charge on any atom is -0.481 e. The fraction of sp³-hybridized carbons (Fsp3) is 0.375. The predicted octanol–water partition coefficient (Wildman–Crippen LogP) is 2.31. The lowest BCUT2D eigenvalue weighted by molar-refractivity contribution is 0.393. The van der Waals surface area contributed by atoms with E-state index in [1.807, 2.05) is 13.0 Å². The molecule has 0 radical (unpaired) electrons. The molecule has 0 saturated carbocycles. The summed E-state index contributed by atoms with van der Waals surface area (Å²) in [5.41, 5.74) is 1.04. The van der Waals surface area contributed by atoms with Crippen molar-refractivity contribution in [2.45, 2.75) is 13.3 Å². The van der Waals surface area contributed by atoms with Gasteiger partial charge in [0, 0.05) is 11.8 Å². The molecule has 0 aliphatic carbocycles. The van der Waals surface area contributed by atoms with Gasteiger partial charge in [-0.3, -0.25) is 0 Å². The number of rotatable bonds is 2. The highest BCUT2D eigenvalue weighted by Crippen LogP contribution is 2.19. The average molecular weight is 172 g/mol. The molecular formula is C8H10ClNO. The Bertz CT molecular complexity index is 250. The Morgan fingerprint density at radius 3 is 2.91 bits per heavy atom. The van der Waals surface area contributed by atoms with Crippen LogP contribution in [0.4, 0.5) is 0 Å². The van der Waals surface area contributed by atoms with Crippen LogP contribution in [0, 0.1) is 0 Å². The van der Waals surface area contributed by atoms with Crippen LogP contribution in [0.3, 0.4) is 0 Å². The van der Waals surface area contributed by atoms with Gasteiger partial charge in [0.05, 0.1) is 12.1 Å². The minimum absolute atomic E-state index is 0.655. The Labute approximate surface area is 71.2 Å². The molecule has 0 amide bonds. The SMILES string of the molecule is CCc1cc(Cl)cnc1OC. The summed E-state index contributed by atoms with van der Waals surface area (Å²) in [7, 11) is 1.61. The van der Waals surface area contributed by atoms with Crippen molar-refractivity contribution in [1.29, 1.82) is 0 Å². The normalized spacial score (nSPS) is 9.73. The first kappa shape index (κ1) is 8.34. The Morgan fingerprint density at radius 1 is 1.64 bits per heavy atom. The highest BCUT2D eigenvalue weighted by Gasteiger charge is 2.01. The standard InChI is InChI=1S/C8H10ClNO/c1-3-6-4-7(9)5-10-8(6)11-2/h4-5H,3H2,1-2H3. The summed E-state index contributed by atoms with van der Waals surface area (Å²) >= 11 is 5.73. The maximum Gasteiger partial charge on any atom is 0.216 e. The molecule has 1 aromatic rings. The van der Waals surface area contributed by atoms with Gasteiger partial charge in [-0.15, -0.1) is 0 Å². The molecule has 0 atom stereocenters. The molecule has 0 unspecified atom stereocenters. The number of methoxy groups -OCH3 is 1. The molecule has 0 aliphatic heterocycles. The Kier molecular flexibility index (Phi) is 2.71. The van der Waals surface area contributed by atoms with E-state index >= 15 is 0 Å². The second kappa shape index (κ2) is 3.58. The maximum atomic E-state index is 5.73. The van der Waals surface area contributed by atoms with Crippen molar-refractivity contribution < 1.29 is 4.74 Å². The van der Waals surface area contributed by atoms with E-state index < -0.39 is 0 Å². The third-order valence-electron chi connectivity index (χ3n) is 1.47. The van der Waals surface area contributed by atoms with Gasteiger partial charge >= 0.3 is 0 Å². The molecule has 0 saturated heterocycles. The number of aromatic nitrogens is 1. The Balaban J connectivity index is 3.06. The van der Waals surface area contributed by atoms with E-state index in [1.165, 1.54) is 0 Å². The number of ether oxygens (including phenoxy) is 1. The van der Waals surface area contributed by atoms with Crippen LogP contribution in [-0.2, 0) is 6.42 Å². The second-order valence-corrected chi connectivity index (χ2v) is 2.61.